The molecule has 0 atom stereocenters. The smallest absolute Gasteiger partial charge is 0.269 e. The maximum atomic E-state index is 10.5. The highest BCUT2D eigenvalue weighted by molar-refractivity contribution is 7.80. The van der Waals surface area contributed by atoms with Crippen LogP contribution in [0.4, 0.5) is 11.4 Å². The van der Waals surface area contributed by atoms with Crippen molar-refractivity contribution in [2.24, 2.45) is 0 Å². The fraction of sp³-hybridized carbons (Fsp3) is 0.538. The van der Waals surface area contributed by atoms with Gasteiger partial charge in [0.15, 0.2) is 0 Å². The zero-order valence-electron chi connectivity index (χ0n) is 13.9. The Labute approximate surface area is 136 Å². The number of non-ortho nitro benzene ring substituents is 1. The van der Waals surface area contributed by atoms with Crippen LogP contribution < -0.4 is 4.90 Å². The molecule has 132 valence electrons. The van der Waals surface area contributed by atoms with Gasteiger partial charge in [0.1, 0.15) is 0 Å². The predicted molar refractivity (Wildman–Crippen MR) is 86.0 cm³/mol. The lowest BCUT2D eigenvalue weighted by atomic mass is 10.2. The van der Waals surface area contributed by atoms with Crippen molar-refractivity contribution in [3.8, 4) is 0 Å². The lowest BCUT2D eigenvalue weighted by Crippen LogP contribution is -2.41. The Morgan fingerprint density at radius 2 is 1.65 bits per heavy atom. The van der Waals surface area contributed by atoms with Crippen LogP contribution in [-0.2, 0) is 14.6 Å². The van der Waals surface area contributed by atoms with Crippen molar-refractivity contribution in [3.05, 3.63) is 34.4 Å². The second-order valence-electron chi connectivity index (χ2n) is 5.78. The lowest BCUT2D eigenvalue weighted by molar-refractivity contribution is -0.868. The van der Waals surface area contributed by atoms with E-state index in [1.54, 1.807) is 12.1 Å². The molecule has 1 aromatic rings. The van der Waals surface area contributed by atoms with E-state index in [2.05, 4.69) is 30.2 Å². The van der Waals surface area contributed by atoms with Gasteiger partial charge in [-0.05, 0) is 12.1 Å². The van der Waals surface area contributed by atoms with Crippen molar-refractivity contribution in [2.45, 2.75) is 0 Å². The second kappa shape index (κ2) is 8.77. The summed E-state index contributed by atoms with van der Waals surface area (Å²) in [7, 11) is 4.82. The summed E-state index contributed by atoms with van der Waals surface area (Å²) >= 11 is 0. The number of nitro benzene ring substituents is 1. The van der Waals surface area contributed by atoms with E-state index in [-0.39, 0.29) is 10.6 Å². The maximum absolute atomic E-state index is 10.5. The number of likely N-dealkylation sites (N-methyl/N-ethyl adjacent to an activating group) is 2. The summed E-state index contributed by atoms with van der Waals surface area (Å²) in [5.41, 5.74) is 1.14. The summed E-state index contributed by atoms with van der Waals surface area (Å²) in [6, 6.07) is 6.65. The molecule has 1 aromatic carbocycles. The van der Waals surface area contributed by atoms with Crippen LogP contribution in [-0.4, -0.2) is 70.8 Å². The average molecular weight is 349 g/mol. The van der Waals surface area contributed by atoms with E-state index in [9.17, 15) is 23.1 Å². The van der Waals surface area contributed by atoms with Crippen molar-refractivity contribution >= 4 is 21.8 Å². The molecule has 0 aliphatic rings. The third kappa shape index (κ3) is 10.6. The molecule has 1 rings (SSSR count). The Morgan fingerprint density at radius 3 is 1.96 bits per heavy atom. The van der Waals surface area contributed by atoms with Crippen molar-refractivity contribution in [1.29, 1.82) is 0 Å². The fourth-order valence-electron chi connectivity index (χ4n) is 1.41. The normalized spacial score (nSPS) is 11.4. The van der Waals surface area contributed by atoms with Crippen LogP contribution in [0.3, 0.4) is 0 Å². The molecular weight excluding hydrogens is 326 g/mol. The van der Waals surface area contributed by atoms with Gasteiger partial charge in [-0.1, -0.05) is 0 Å². The van der Waals surface area contributed by atoms with Gasteiger partial charge in [0.2, 0.25) is 10.4 Å². The van der Waals surface area contributed by atoms with Crippen LogP contribution in [0.5, 0.6) is 0 Å². The fourth-order valence-corrected chi connectivity index (χ4v) is 1.41. The maximum Gasteiger partial charge on any atom is 0.269 e. The largest absolute Gasteiger partial charge is 0.726 e. The van der Waals surface area contributed by atoms with Gasteiger partial charge in [-0.25, -0.2) is 8.42 Å². The zero-order valence-corrected chi connectivity index (χ0v) is 14.7. The van der Waals surface area contributed by atoms with E-state index in [1.807, 2.05) is 7.05 Å². The third-order valence-corrected chi connectivity index (χ3v) is 3.22. The third-order valence-electron chi connectivity index (χ3n) is 2.81. The van der Waals surface area contributed by atoms with Crippen molar-refractivity contribution in [2.75, 3.05) is 53.3 Å². The van der Waals surface area contributed by atoms with Crippen LogP contribution in [0, 0.1) is 10.1 Å². The molecule has 0 radical (unpaired) electrons. The summed E-state index contributed by atoms with van der Waals surface area (Å²) in [4.78, 5) is 12.3. The predicted octanol–water partition coefficient (Wildman–Crippen LogP) is 0.830. The number of anilines is 1. The van der Waals surface area contributed by atoms with E-state index in [4.69, 9.17) is 0 Å². The molecule has 0 aliphatic carbocycles. The SMILES string of the molecule is CN(CC[N+](C)(C)C)c1ccc([N+](=O)[O-])cc1.COS(=O)(=O)[O-]. The highest BCUT2D eigenvalue weighted by atomic mass is 32.3. The highest BCUT2D eigenvalue weighted by Gasteiger charge is 2.10. The van der Waals surface area contributed by atoms with Gasteiger partial charge in [-0.2, -0.15) is 0 Å². The summed E-state index contributed by atoms with van der Waals surface area (Å²) in [5.74, 6) is 0. The molecular formula is C13H23N3O6S. The first-order valence-corrected chi connectivity index (χ1v) is 7.96. The molecule has 0 aromatic heterocycles. The minimum atomic E-state index is -4.41. The minimum absolute atomic E-state index is 0.133. The standard InChI is InChI=1S/C12H20N3O2.CH4O4S/c1-13(9-10-15(2,3)4)11-5-7-12(8-6-11)14(16)17;1-5-6(2,3)4/h5-8H,9-10H2,1-4H3;1H3,(H,2,3,4)/q+1;/p-1. The van der Waals surface area contributed by atoms with Gasteiger partial charge in [-0.15, -0.1) is 0 Å². The first kappa shape index (κ1) is 21.2. The topological polar surface area (TPSA) is 113 Å². The Bertz CT molecular complexity index is 595. The van der Waals surface area contributed by atoms with Gasteiger partial charge >= 0.3 is 0 Å². The van der Waals surface area contributed by atoms with E-state index in [1.165, 1.54) is 12.1 Å². The number of nitro groups is 1. The number of nitrogens with zero attached hydrogens (tertiary/aromatic N) is 3. The summed E-state index contributed by atoms with van der Waals surface area (Å²) in [6.07, 6.45) is 0. The number of quaternary nitrogens is 1. The van der Waals surface area contributed by atoms with Gasteiger partial charge in [0.25, 0.3) is 5.69 Å². The van der Waals surface area contributed by atoms with Crippen LogP contribution in [0.15, 0.2) is 24.3 Å². The molecule has 0 unspecified atom stereocenters. The molecule has 10 heteroatoms. The van der Waals surface area contributed by atoms with Crippen LogP contribution >= 0.6 is 0 Å². The molecule has 0 heterocycles. The first-order chi connectivity index (χ1) is 10.4. The van der Waals surface area contributed by atoms with Crippen LogP contribution in [0.1, 0.15) is 0 Å². The zero-order chi connectivity index (χ0) is 18.3. The lowest BCUT2D eigenvalue weighted by Gasteiger charge is -2.27. The Morgan fingerprint density at radius 1 is 1.22 bits per heavy atom. The van der Waals surface area contributed by atoms with E-state index in [0.717, 1.165) is 30.4 Å². The van der Waals surface area contributed by atoms with Gasteiger partial charge in [0.05, 0.1) is 46.3 Å². The monoisotopic (exact) mass is 349 g/mol. The molecule has 9 nitrogen and oxygen atoms in total. The van der Waals surface area contributed by atoms with Crippen molar-refractivity contribution < 1.29 is 26.6 Å². The first-order valence-electron chi connectivity index (χ1n) is 6.63. The summed E-state index contributed by atoms with van der Waals surface area (Å²) < 4.78 is 31.9. The van der Waals surface area contributed by atoms with Gasteiger partial charge in [-0.3, -0.25) is 14.3 Å². The molecule has 0 saturated carbocycles. The van der Waals surface area contributed by atoms with Gasteiger partial charge < -0.3 is 13.9 Å². The minimum Gasteiger partial charge on any atom is -0.726 e. The molecule has 0 N–H and O–H groups in total. The van der Waals surface area contributed by atoms with Crippen molar-refractivity contribution in [1.82, 2.24) is 0 Å². The molecule has 0 bridgehead atoms. The second-order valence-corrected chi connectivity index (χ2v) is 6.93. The molecule has 0 fully saturated rings. The van der Waals surface area contributed by atoms with E-state index in [0.29, 0.717) is 0 Å². The average Bonchev–Trinajstić information content (AvgIpc) is 2.44. The molecule has 0 aliphatic heterocycles. The Kier molecular flexibility index (Phi) is 8.10. The number of hydrogen-bond acceptors (Lipinski definition) is 7. The number of benzene rings is 1. The molecule has 0 amide bonds. The molecule has 23 heavy (non-hydrogen) atoms. The Hall–Kier alpha value is -1.75. The van der Waals surface area contributed by atoms with Crippen molar-refractivity contribution in [3.63, 3.8) is 0 Å². The summed E-state index contributed by atoms with van der Waals surface area (Å²) in [6.45, 7) is 1.94. The van der Waals surface area contributed by atoms with E-state index < -0.39 is 10.4 Å². The quantitative estimate of drug-likeness (QED) is 0.246. The van der Waals surface area contributed by atoms with Crippen LogP contribution in [0.2, 0.25) is 0 Å². The molecule has 0 spiro atoms. The number of rotatable bonds is 6. The molecule has 0 saturated heterocycles. The Balaban J connectivity index is 0.000000688. The highest BCUT2D eigenvalue weighted by Crippen LogP contribution is 2.18. The van der Waals surface area contributed by atoms with Crippen LogP contribution in [0.25, 0.3) is 0 Å². The number of hydrogen-bond donors (Lipinski definition) is 0. The summed E-state index contributed by atoms with van der Waals surface area (Å²) in [5, 5.41) is 10.5. The van der Waals surface area contributed by atoms with E-state index >= 15 is 0 Å². The van der Waals surface area contributed by atoms with Gasteiger partial charge in [0, 0.05) is 24.9 Å².